The first-order valence-electron chi connectivity index (χ1n) is 22.7. The zero-order valence-electron chi connectivity index (χ0n) is 36.3. The van der Waals surface area contributed by atoms with Gasteiger partial charge in [0, 0.05) is 24.9 Å². The van der Waals surface area contributed by atoms with Crippen LogP contribution in [0.2, 0.25) is 0 Å². The van der Waals surface area contributed by atoms with Crippen molar-refractivity contribution < 1.29 is 23.1 Å². The Labute approximate surface area is 378 Å². The summed E-state index contributed by atoms with van der Waals surface area (Å²) in [6, 6.07) is 65.7. The summed E-state index contributed by atoms with van der Waals surface area (Å²) in [6.07, 6.45) is 0.953. The molecule has 9 rings (SSSR count). The summed E-state index contributed by atoms with van der Waals surface area (Å²) in [5, 5.41) is 7.34. The predicted octanol–water partition coefficient (Wildman–Crippen LogP) is 11.4. The maximum Gasteiger partial charge on any atom is 0.330 e. The van der Waals surface area contributed by atoms with Crippen LogP contribution in [0.4, 0.5) is 0 Å². The van der Waals surface area contributed by atoms with Gasteiger partial charge in [0.25, 0.3) is 0 Å². The van der Waals surface area contributed by atoms with Crippen molar-refractivity contribution in [2.75, 3.05) is 65.4 Å². The third kappa shape index (κ3) is 9.63. The van der Waals surface area contributed by atoms with Crippen LogP contribution < -0.4 is 10.6 Å². The molecule has 7 aromatic rings. The van der Waals surface area contributed by atoms with Gasteiger partial charge in [-0.15, -0.1) is 0 Å². The van der Waals surface area contributed by atoms with E-state index in [9.17, 15) is 4.57 Å². The molecule has 2 aliphatic carbocycles. The quantitative estimate of drug-likeness (QED) is 0.0377. The standard InChI is InChI=1S/C56H57N2O5P/c59-64(62-41-54-50-29-14-10-25-46(50)47-26-11-15-30-51(47)54,63-42-55-52-31-16-12-27-48(52)49-28-13-17-32-53(49)55)40-18-33-57-34-36-60-38-39-61-37-35-58-56(43-19-4-1-5-20-43,44-21-6-2-7-22-44)45-23-8-3-9-24-45/h1-17,19-32,54-55,57-58H,18,33-42H2. The van der Waals surface area contributed by atoms with Crippen LogP contribution in [-0.2, 0) is 28.6 Å². The van der Waals surface area contributed by atoms with E-state index in [2.05, 4.69) is 199 Å². The van der Waals surface area contributed by atoms with Gasteiger partial charge in [-0.1, -0.05) is 188 Å². The number of hydrogen-bond donors (Lipinski definition) is 2. The number of nitrogens with one attached hydrogen (secondary N) is 2. The van der Waals surface area contributed by atoms with Gasteiger partial charge >= 0.3 is 7.60 Å². The van der Waals surface area contributed by atoms with Gasteiger partial charge < -0.3 is 23.8 Å². The Morgan fingerprint density at radius 1 is 0.422 bits per heavy atom. The largest absolute Gasteiger partial charge is 0.378 e. The van der Waals surface area contributed by atoms with Gasteiger partial charge in [-0.2, -0.15) is 0 Å². The van der Waals surface area contributed by atoms with Gasteiger partial charge in [0.15, 0.2) is 0 Å². The molecule has 64 heavy (non-hydrogen) atoms. The number of benzene rings is 7. The first kappa shape index (κ1) is 43.8. The van der Waals surface area contributed by atoms with E-state index in [-0.39, 0.29) is 25.0 Å². The van der Waals surface area contributed by atoms with E-state index < -0.39 is 13.1 Å². The van der Waals surface area contributed by atoms with Crippen LogP contribution in [0.1, 0.15) is 57.2 Å². The highest BCUT2D eigenvalue weighted by molar-refractivity contribution is 7.53. The van der Waals surface area contributed by atoms with Gasteiger partial charge in [-0.25, -0.2) is 0 Å². The number of rotatable bonds is 23. The molecule has 2 aliphatic rings. The van der Waals surface area contributed by atoms with Crippen LogP contribution in [-0.4, -0.2) is 65.4 Å². The summed E-state index contributed by atoms with van der Waals surface area (Å²) in [5.74, 6) is -0.0293. The summed E-state index contributed by atoms with van der Waals surface area (Å²) in [6.45, 7) is 4.66. The van der Waals surface area contributed by atoms with Crippen LogP contribution >= 0.6 is 7.60 Å². The summed E-state index contributed by atoms with van der Waals surface area (Å²) >= 11 is 0. The average Bonchev–Trinajstić information content (AvgIpc) is 3.86. The topological polar surface area (TPSA) is 78.1 Å². The zero-order valence-corrected chi connectivity index (χ0v) is 37.2. The number of hydrogen-bond acceptors (Lipinski definition) is 7. The Bertz CT molecular complexity index is 2330. The molecule has 2 N–H and O–H groups in total. The minimum absolute atomic E-state index is 0.0146. The lowest BCUT2D eigenvalue weighted by Gasteiger charge is -2.37. The number of ether oxygens (including phenoxy) is 2. The van der Waals surface area contributed by atoms with E-state index in [4.69, 9.17) is 18.5 Å². The average molecular weight is 869 g/mol. The van der Waals surface area contributed by atoms with Crippen molar-refractivity contribution in [3.63, 3.8) is 0 Å². The summed E-state index contributed by atoms with van der Waals surface area (Å²) < 4.78 is 39.8. The fourth-order valence-corrected chi connectivity index (χ4v) is 11.2. The van der Waals surface area contributed by atoms with Gasteiger partial charge in [0.2, 0.25) is 0 Å². The van der Waals surface area contributed by atoms with Crippen molar-refractivity contribution in [2.24, 2.45) is 0 Å². The van der Waals surface area contributed by atoms with Crippen LogP contribution in [0.15, 0.2) is 188 Å². The van der Waals surface area contributed by atoms with Crippen LogP contribution in [0.25, 0.3) is 22.3 Å². The lowest BCUT2D eigenvalue weighted by molar-refractivity contribution is 0.0488. The van der Waals surface area contributed by atoms with E-state index in [1.807, 2.05) is 0 Å². The van der Waals surface area contributed by atoms with Crippen LogP contribution in [0.3, 0.4) is 0 Å². The third-order valence-corrected chi connectivity index (χ3v) is 14.6. The van der Waals surface area contributed by atoms with Crippen molar-refractivity contribution >= 4 is 7.60 Å². The Morgan fingerprint density at radius 3 is 1.19 bits per heavy atom. The predicted molar refractivity (Wildman–Crippen MR) is 258 cm³/mol. The van der Waals surface area contributed by atoms with Gasteiger partial charge in [-0.05, 0) is 74.2 Å². The highest BCUT2D eigenvalue weighted by atomic mass is 31.2. The highest BCUT2D eigenvalue weighted by Crippen LogP contribution is 2.54. The molecule has 0 aromatic heterocycles. The minimum atomic E-state index is -3.51. The monoisotopic (exact) mass is 868 g/mol. The zero-order chi connectivity index (χ0) is 43.4. The van der Waals surface area contributed by atoms with E-state index in [0.29, 0.717) is 58.6 Å². The number of fused-ring (bicyclic) bond motifs is 6. The third-order valence-electron chi connectivity index (χ3n) is 12.6. The molecule has 8 heteroatoms. The summed E-state index contributed by atoms with van der Waals surface area (Å²) in [5.41, 5.74) is 12.7. The summed E-state index contributed by atoms with van der Waals surface area (Å²) in [4.78, 5) is 0. The molecule has 0 saturated heterocycles. The smallest absolute Gasteiger partial charge is 0.330 e. The Morgan fingerprint density at radius 2 is 0.781 bits per heavy atom. The van der Waals surface area contributed by atoms with E-state index in [1.54, 1.807) is 0 Å². The highest BCUT2D eigenvalue weighted by Gasteiger charge is 2.37. The molecular formula is C56H57N2O5P. The molecule has 7 nitrogen and oxygen atoms in total. The second-order valence-electron chi connectivity index (χ2n) is 16.5. The lowest BCUT2D eigenvalue weighted by atomic mass is 9.77. The maximum absolute atomic E-state index is 14.8. The minimum Gasteiger partial charge on any atom is -0.378 e. The van der Waals surface area contributed by atoms with E-state index in [1.165, 1.54) is 61.2 Å². The van der Waals surface area contributed by atoms with E-state index >= 15 is 0 Å². The molecule has 0 radical (unpaired) electrons. The molecule has 0 saturated carbocycles. The molecule has 0 aliphatic heterocycles. The normalized spacial score (nSPS) is 13.4. The van der Waals surface area contributed by atoms with Crippen molar-refractivity contribution in [3.8, 4) is 22.3 Å². The maximum atomic E-state index is 14.8. The second kappa shape index (κ2) is 21.0. The first-order chi connectivity index (χ1) is 31.6. The Hall–Kier alpha value is -5.47. The molecule has 0 amide bonds. The molecule has 0 spiro atoms. The van der Waals surface area contributed by atoms with Crippen molar-refractivity contribution in [3.05, 3.63) is 227 Å². The SMILES string of the molecule is O=P(CCCNCCOCCOCCNC(c1ccccc1)(c1ccccc1)c1ccccc1)(OCC1c2ccccc2-c2ccccc21)OCC1c2ccccc2-c2ccccc21. The van der Waals surface area contributed by atoms with Crippen molar-refractivity contribution in [1.82, 2.24) is 10.6 Å². The van der Waals surface area contributed by atoms with Crippen molar-refractivity contribution in [1.29, 1.82) is 0 Å². The molecular weight excluding hydrogens is 812 g/mol. The molecule has 326 valence electrons. The second-order valence-corrected chi connectivity index (χ2v) is 18.7. The molecule has 0 fully saturated rings. The Balaban J connectivity index is 0.749. The van der Waals surface area contributed by atoms with Gasteiger partial charge in [0.05, 0.1) is 51.3 Å². The molecule has 0 heterocycles. The van der Waals surface area contributed by atoms with E-state index in [0.717, 1.165) is 0 Å². The van der Waals surface area contributed by atoms with Gasteiger partial charge in [-0.3, -0.25) is 9.88 Å². The van der Waals surface area contributed by atoms with Crippen molar-refractivity contribution in [2.45, 2.75) is 23.8 Å². The lowest BCUT2D eigenvalue weighted by Crippen LogP contribution is -2.46. The van der Waals surface area contributed by atoms with Crippen LogP contribution in [0.5, 0.6) is 0 Å². The fraction of sp³-hybridized carbons (Fsp3) is 0.250. The first-order valence-corrected chi connectivity index (χ1v) is 24.4. The molecule has 0 bridgehead atoms. The van der Waals surface area contributed by atoms with Crippen LogP contribution in [0, 0.1) is 0 Å². The fourth-order valence-electron chi connectivity index (χ4n) is 9.59. The van der Waals surface area contributed by atoms with Gasteiger partial charge in [0.1, 0.15) is 0 Å². The molecule has 0 unspecified atom stereocenters. The Kier molecular flexibility index (Phi) is 14.4. The molecule has 0 atom stereocenters. The summed E-state index contributed by atoms with van der Waals surface area (Å²) in [7, 11) is -3.51. The molecule has 7 aromatic carbocycles.